The van der Waals surface area contributed by atoms with Gasteiger partial charge >= 0.3 is 6.03 Å². The van der Waals surface area contributed by atoms with Gasteiger partial charge in [0.2, 0.25) is 0 Å². The molecule has 0 aliphatic carbocycles. The second kappa shape index (κ2) is 8.98. The summed E-state index contributed by atoms with van der Waals surface area (Å²) in [7, 11) is 0. The fraction of sp³-hybridized carbons (Fsp3) is 0.409. The number of anilines is 1. The number of nitrogens with zero attached hydrogens (tertiary/aromatic N) is 1. The Morgan fingerprint density at radius 3 is 2.29 bits per heavy atom. The van der Waals surface area contributed by atoms with Crippen molar-refractivity contribution in [3.05, 3.63) is 63.1 Å². The van der Waals surface area contributed by atoms with Crippen molar-refractivity contribution in [2.75, 3.05) is 17.6 Å². The Hall–Kier alpha value is -1.36. The van der Waals surface area contributed by atoms with Gasteiger partial charge in [-0.05, 0) is 29.0 Å². The van der Waals surface area contributed by atoms with Crippen LogP contribution in [0.3, 0.4) is 0 Å². The maximum absolute atomic E-state index is 13.3. The van der Waals surface area contributed by atoms with Crippen LogP contribution in [0.2, 0.25) is 10.0 Å². The Kier molecular flexibility index (Phi) is 6.85. The Labute approximate surface area is 181 Å². The Balaban J connectivity index is 1.92. The predicted octanol–water partition coefficient (Wildman–Crippen LogP) is 7.52. The fourth-order valence-electron chi connectivity index (χ4n) is 3.52. The van der Waals surface area contributed by atoms with Gasteiger partial charge in [-0.1, -0.05) is 81.2 Å². The summed E-state index contributed by atoms with van der Waals surface area (Å²) < 4.78 is 0. The average Bonchev–Trinajstić information content (AvgIpc) is 3.13. The van der Waals surface area contributed by atoms with Gasteiger partial charge in [-0.25, -0.2) is 4.79 Å². The van der Waals surface area contributed by atoms with Crippen molar-refractivity contribution in [1.29, 1.82) is 0 Å². The number of amides is 2. The summed E-state index contributed by atoms with van der Waals surface area (Å²) in [5, 5.41) is 4.11. The smallest absolute Gasteiger partial charge is 0.308 e. The van der Waals surface area contributed by atoms with E-state index in [1.165, 1.54) is 0 Å². The molecule has 6 heteroatoms. The Morgan fingerprint density at radius 2 is 1.68 bits per heavy atom. The van der Waals surface area contributed by atoms with E-state index in [1.54, 1.807) is 17.8 Å². The number of halogens is 2. The molecular weight excluding hydrogens is 411 g/mol. The summed E-state index contributed by atoms with van der Waals surface area (Å²) in [5.41, 5.74) is 4.13. The molecule has 3 rings (SSSR count). The third kappa shape index (κ3) is 4.29. The molecule has 0 radical (unpaired) electrons. The van der Waals surface area contributed by atoms with Crippen LogP contribution in [0.5, 0.6) is 0 Å². The average molecular weight is 437 g/mol. The summed E-state index contributed by atoms with van der Waals surface area (Å²) in [4.78, 5) is 15.1. The van der Waals surface area contributed by atoms with Crippen molar-refractivity contribution in [1.82, 2.24) is 4.90 Å². The second-order valence-corrected chi connectivity index (χ2v) is 9.58. The summed E-state index contributed by atoms with van der Waals surface area (Å²) in [6, 6.07) is 11.8. The molecule has 1 saturated heterocycles. The molecular formula is C22H26Cl2N2OS. The number of rotatable bonds is 4. The molecule has 0 saturated carbocycles. The van der Waals surface area contributed by atoms with E-state index in [9.17, 15) is 4.79 Å². The summed E-state index contributed by atoms with van der Waals surface area (Å²) in [6.07, 6.45) is 0. The molecule has 1 unspecified atom stereocenters. The summed E-state index contributed by atoms with van der Waals surface area (Å²) in [5.74, 6) is 1.50. The minimum Gasteiger partial charge on any atom is -0.308 e. The lowest BCUT2D eigenvalue weighted by molar-refractivity contribution is 0.214. The number of hydrogen-bond donors (Lipinski definition) is 1. The number of carbonyl (C=O) groups is 1. The van der Waals surface area contributed by atoms with Gasteiger partial charge in [-0.2, -0.15) is 0 Å². The van der Waals surface area contributed by atoms with Gasteiger partial charge in [-0.15, -0.1) is 11.8 Å². The van der Waals surface area contributed by atoms with E-state index in [0.29, 0.717) is 28.4 Å². The summed E-state index contributed by atoms with van der Waals surface area (Å²) in [6.45, 7) is 9.26. The highest BCUT2D eigenvalue weighted by Gasteiger charge is 2.33. The topological polar surface area (TPSA) is 32.3 Å². The van der Waals surface area contributed by atoms with E-state index in [0.717, 1.165) is 28.1 Å². The molecule has 0 spiro atoms. The molecule has 1 aliphatic rings. The zero-order valence-electron chi connectivity index (χ0n) is 16.6. The first-order chi connectivity index (χ1) is 13.3. The highest BCUT2D eigenvalue weighted by atomic mass is 35.5. The van der Waals surface area contributed by atoms with Crippen molar-refractivity contribution in [3.8, 4) is 0 Å². The minimum atomic E-state index is -0.139. The summed E-state index contributed by atoms with van der Waals surface area (Å²) >= 11 is 14.3. The maximum atomic E-state index is 13.3. The SMILES string of the molecule is CC(C)c1cccc(C(C)C)c1NC(=O)N1CCSC1c1cccc(Cl)c1Cl. The largest absolute Gasteiger partial charge is 0.323 e. The third-order valence-corrected chi connectivity index (χ3v) is 7.08. The van der Waals surface area contributed by atoms with Crippen LogP contribution in [0, 0.1) is 0 Å². The number of para-hydroxylation sites is 1. The van der Waals surface area contributed by atoms with Crippen molar-refractivity contribution in [3.63, 3.8) is 0 Å². The molecule has 1 atom stereocenters. The first-order valence-electron chi connectivity index (χ1n) is 9.57. The van der Waals surface area contributed by atoms with Crippen molar-refractivity contribution in [2.24, 2.45) is 0 Å². The van der Waals surface area contributed by atoms with E-state index in [4.69, 9.17) is 23.2 Å². The van der Waals surface area contributed by atoms with Crippen molar-refractivity contribution >= 4 is 46.7 Å². The zero-order chi connectivity index (χ0) is 20.4. The molecule has 3 nitrogen and oxygen atoms in total. The molecule has 2 amide bonds. The van der Waals surface area contributed by atoms with E-state index >= 15 is 0 Å². The van der Waals surface area contributed by atoms with Crippen LogP contribution >= 0.6 is 35.0 Å². The molecule has 2 aromatic rings. The molecule has 1 fully saturated rings. The van der Waals surface area contributed by atoms with Crippen LogP contribution in [0.1, 0.15) is 61.6 Å². The van der Waals surface area contributed by atoms with Gasteiger partial charge in [0.15, 0.2) is 0 Å². The van der Waals surface area contributed by atoms with Gasteiger partial charge in [0.25, 0.3) is 0 Å². The first kappa shape index (κ1) is 21.4. The second-order valence-electron chi connectivity index (χ2n) is 7.61. The minimum absolute atomic E-state index is 0.0963. The monoisotopic (exact) mass is 436 g/mol. The lowest BCUT2D eigenvalue weighted by atomic mass is 9.93. The van der Waals surface area contributed by atoms with E-state index in [-0.39, 0.29) is 11.4 Å². The van der Waals surface area contributed by atoms with Crippen LogP contribution in [0.15, 0.2) is 36.4 Å². The van der Waals surface area contributed by atoms with Crippen molar-refractivity contribution < 1.29 is 4.79 Å². The van der Waals surface area contributed by atoms with Crippen LogP contribution < -0.4 is 5.32 Å². The highest BCUT2D eigenvalue weighted by Crippen LogP contribution is 2.43. The van der Waals surface area contributed by atoms with Crippen LogP contribution in [0.4, 0.5) is 10.5 Å². The van der Waals surface area contributed by atoms with Crippen LogP contribution in [0.25, 0.3) is 0 Å². The molecule has 1 N–H and O–H groups in total. The van der Waals surface area contributed by atoms with Crippen molar-refractivity contribution in [2.45, 2.75) is 44.9 Å². The first-order valence-corrected chi connectivity index (χ1v) is 11.4. The number of thioether (sulfide) groups is 1. The number of urea groups is 1. The van der Waals surface area contributed by atoms with Gasteiger partial charge in [-0.3, -0.25) is 0 Å². The van der Waals surface area contributed by atoms with E-state index in [1.807, 2.05) is 17.0 Å². The number of nitrogens with one attached hydrogen (secondary N) is 1. The third-order valence-electron chi connectivity index (χ3n) is 5.00. The van der Waals surface area contributed by atoms with Gasteiger partial charge in [0.05, 0.1) is 10.0 Å². The van der Waals surface area contributed by atoms with E-state index < -0.39 is 0 Å². The van der Waals surface area contributed by atoms with Crippen LogP contribution in [-0.2, 0) is 0 Å². The van der Waals surface area contributed by atoms with Gasteiger partial charge < -0.3 is 10.2 Å². The molecule has 1 aliphatic heterocycles. The van der Waals surface area contributed by atoms with Gasteiger partial charge in [0.1, 0.15) is 5.37 Å². The fourth-order valence-corrected chi connectivity index (χ4v) is 5.28. The standard InChI is InChI=1S/C22H26Cl2N2OS/c1-13(2)15-7-5-8-16(14(3)4)20(15)25-22(27)26-11-12-28-21(26)17-9-6-10-18(23)19(17)24/h5-10,13-14,21H,11-12H2,1-4H3,(H,25,27). The number of hydrogen-bond acceptors (Lipinski definition) is 2. The quantitative estimate of drug-likeness (QED) is 0.537. The maximum Gasteiger partial charge on any atom is 0.323 e. The lowest BCUT2D eigenvalue weighted by Gasteiger charge is -2.27. The van der Waals surface area contributed by atoms with Gasteiger partial charge in [0, 0.05) is 23.5 Å². The predicted molar refractivity (Wildman–Crippen MR) is 122 cm³/mol. The van der Waals surface area contributed by atoms with Crippen LogP contribution in [-0.4, -0.2) is 23.2 Å². The normalized spacial score (nSPS) is 16.9. The molecule has 0 aromatic heterocycles. The number of carbonyl (C=O) groups excluding carboxylic acids is 1. The molecule has 1 heterocycles. The molecule has 28 heavy (non-hydrogen) atoms. The zero-order valence-corrected chi connectivity index (χ0v) is 19.0. The molecule has 150 valence electrons. The lowest BCUT2D eigenvalue weighted by Crippen LogP contribution is -2.35. The highest BCUT2D eigenvalue weighted by molar-refractivity contribution is 7.99. The number of benzene rings is 2. The Bertz CT molecular complexity index is 843. The molecule has 2 aromatic carbocycles. The Morgan fingerprint density at radius 1 is 1.07 bits per heavy atom. The van der Waals surface area contributed by atoms with E-state index in [2.05, 4.69) is 51.2 Å². The molecule has 0 bridgehead atoms.